The van der Waals surface area contributed by atoms with E-state index in [1.54, 1.807) is 7.11 Å². The van der Waals surface area contributed by atoms with E-state index in [0.717, 1.165) is 24.4 Å². The van der Waals surface area contributed by atoms with Crippen LogP contribution in [0.5, 0.6) is 5.75 Å². The highest BCUT2D eigenvalue weighted by molar-refractivity contribution is 14.0. The molecule has 2 rings (SSSR count). The maximum atomic E-state index is 12.3. The molecule has 0 aliphatic carbocycles. The minimum Gasteiger partial charge on any atom is -0.497 e. The monoisotopic (exact) mass is 558 g/mol. The summed E-state index contributed by atoms with van der Waals surface area (Å²) in [5.74, 6) is 1.42. The summed E-state index contributed by atoms with van der Waals surface area (Å²) in [5.41, 5.74) is 1.14. The largest absolute Gasteiger partial charge is 0.497 e. The van der Waals surface area contributed by atoms with Gasteiger partial charge in [-0.3, -0.25) is 9.89 Å². The molecule has 6 nitrogen and oxygen atoms in total. The van der Waals surface area contributed by atoms with Gasteiger partial charge in [0.15, 0.2) is 5.96 Å². The van der Waals surface area contributed by atoms with Crippen LogP contribution in [0, 0.1) is 0 Å². The molecular formula is C21H34F3IN4O2. The standard InChI is InChI=1S/C21H33F3N4O2.HI/c1-3-25-20(26-11-5-4-10-21(22,23)24)27-16-19(28-12-14-30-15-13-28)17-6-8-18(29-2)9-7-17;/h6-9,19H,3-5,10-16H2,1-2H3,(H2,25,26,27);1H. The Kier molecular flexibility index (Phi) is 13.2. The highest BCUT2D eigenvalue weighted by atomic mass is 127. The smallest absolute Gasteiger partial charge is 0.389 e. The van der Waals surface area contributed by atoms with Gasteiger partial charge < -0.3 is 20.1 Å². The molecule has 1 fully saturated rings. The van der Waals surface area contributed by atoms with E-state index >= 15 is 0 Å². The Morgan fingerprint density at radius 1 is 1.16 bits per heavy atom. The van der Waals surface area contributed by atoms with E-state index in [0.29, 0.717) is 45.2 Å². The summed E-state index contributed by atoms with van der Waals surface area (Å²) in [6, 6.07) is 8.06. The lowest BCUT2D eigenvalue weighted by Crippen LogP contribution is -2.42. The first-order valence-electron chi connectivity index (χ1n) is 10.5. The number of benzene rings is 1. The molecule has 0 amide bonds. The summed E-state index contributed by atoms with van der Waals surface area (Å²) >= 11 is 0. The van der Waals surface area contributed by atoms with Gasteiger partial charge in [0.25, 0.3) is 0 Å². The van der Waals surface area contributed by atoms with Gasteiger partial charge in [-0.15, -0.1) is 24.0 Å². The van der Waals surface area contributed by atoms with Crippen LogP contribution in [0.4, 0.5) is 13.2 Å². The lowest BCUT2D eigenvalue weighted by atomic mass is 10.0. The van der Waals surface area contributed by atoms with Gasteiger partial charge in [0.05, 0.1) is 32.9 Å². The summed E-state index contributed by atoms with van der Waals surface area (Å²) in [4.78, 5) is 7.06. The van der Waals surface area contributed by atoms with Crippen molar-refractivity contribution in [1.82, 2.24) is 15.5 Å². The number of guanidine groups is 1. The van der Waals surface area contributed by atoms with Crippen LogP contribution >= 0.6 is 24.0 Å². The van der Waals surface area contributed by atoms with E-state index in [4.69, 9.17) is 14.5 Å². The van der Waals surface area contributed by atoms with E-state index in [1.807, 2.05) is 31.2 Å². The van der Waals surface area contributed by atoms with Crippen molar-refractivity contribution < 1.29 is 22.6 Å². The fourth-order valence-corrected chi connectivity index (χ4v) is 3.32. The Bertz CT molecular complexity index is 639. The minimum absolute atomic E-state index is 0. The number of hydrogen-bond acceptors (Lipinski definition) is 4. The summed E-state index contributed by atoms with van der Waals surface area (Å²) < 4.78 is 47.6. The van der Waals surface area contributed by atoms with E-state index in [9.17, 15) is 13.2 Å². The number of rotatable bonds is 10. The third-order valence-electron chi connectivity index (χ3n) is 4.93. The van der Waals surface area contributed by atoms with Crippen molar-refractivity contribution in [3.05, 3.63) is 29.8 Å². The van der Waals surface area contributed by atoms with Crippen LogP contribution in [0.25, 0.3) is 0 Å². The van der Waals surface area contributed by atoms with Crippen LogP contribution in [0.3, 0.4) is 0 Å². The molecule has 0 radical (unpaired) electrons. The van der Waals surface area contributed by atoms with Crippen LogP contribution in [0.1, 0.15) is 37.8 Å². The van der Waals surface area contributed by atoms with Crippen LogP contribution in [-0.2, 0) is 4.74 Å². The number of aliphatic imine (C=N–C) groups is 1. The molecule has 31 heavy (non-hydrogen) atoms. The summed E-state index contributed by atoms with van der Waals surface area (Å²) in [6.07, 6.45) is -4.30. The van der Waals surface area contributed by atoms with Gasteiger partial charge in [-0.1, -0.05) is 12.1 Å². The SMILES string of the molecule is CCNC(=NCC(c1ccc(OC)cc1)N1CCOCC1)NCCCCC(F)(F)F.I. The lowest BCUT2D eigenvalue weighted by molar-refractivity contribution is -0.135. The third kappa shape index (κ3) is 10.7. The number of nitrogens with one attached hydrogen (secondary N) is 2. The Labute approximate surface area is 200 Å². The van der Waals surface area contributed by atoms with Crippen LogP contribution in [0.2, 0.25) is 0 Å². The molecule has 2 N–H and O–H groups in total. The van der Waals surface area contributed by atoms with Crippen LogP contribution < -0.4 is 15.4 Å². The molecule has 1 atom stereocenters. The number of alkyl halides is 3. The number of methoxy groups -OCH3 is 1. The number of morpholine rings is 1. The molecule has 1 aromatic carbocycles. The van der Waals surface area contributed by atoms with Gasteiger partial charge in [-0.2, -0.15) is 13.2 Å². The summed E-state index contributed by atoms with van der Waals surface area (Å²) in [7, 11) is 1.64. The van der Waals surface area contributed by atoms with Crippen molar-refractivity contribution in [3.63, 3.8) is 0 Å². The highest BCUT2D eigenvalue weighted by Gasteiger charge is 2.26. The predicted molar refractivity (Wildman–Crippen MR) is 127 cm³/mol. The maximum absolute atomic E-state index is 12.3. The second kappa shape index (κ2) is 14.7. The number of ether oxygens (including phenoxy) is 2. The van der Waals surface area contributed by atoms with Crippen molar-refractivity contribution in [1.29, 1.82) is 0 Å². The van der Waals surface area contributed by atoms with Crippen molar-refractivity contribution in [2.24, 2.45) is 4.99 Å². The van der Waals surface area contributed by atoms with Gasteiger partial charge in [0, 0.05) is 32.6 Å². The Morgan fingerprint density at radius 2 is 1.84 bits per heavy atom. The van der Waals surface area contributed by atoms with Gasteiger partial charge in [0.2, 0.25) is 0 Å². The molecule has 1 heterocycles. The molecule has 0 spiro atoms. The number of nitrogens with zero attached hydrogens (tertiary/aromatic N) is 2. The number of halogens is 4. The third-order valence-corrected chi connectivity index (χ3v) is 4.93. The molecule has 10 heteroatoms. The van der Waals surface area contributed by atoms with Crippen molar-refractivity contribution in [2.45, 2.75) is 38.4 Å². The second-order valence-electron chi connectivity index (χ2n) is 7.16. The molecule has 1 aliphatic heterocycles. The van der Waals surface area contributed by atoms with E-state index in [1.165, 1.54) is 0 Å². The van der Waals surface area contributed by atoms with Gasteiger partial charge in [-0.05, 0) is 37.5 Å². The quantitative estimate of drug-likeness (QED) is 0.197. The Morgan fingerprint density at radius 3 is 2.42 bits per heavy atom. The van der Waals surface area contributed by atoms with Gasteiger partial charge in [0.1, 0.15) is 5.75 Å². The van der Waals surface area contributed by atoms with Crippen LogP contribution in [0.15, 0.2) is 29.3 Å². The molecule has 178 valence electrons. The Balaban J connectivity index is 0.00000480. The fraction of sp³-hybridized carbons (Fsp3) is 0.667. The first kappa shape index (κ1) is 27.8. The van der Waals surface area contributed by atoms with E-state index < -0.39 is 12.6 Å². The zero-order chi connectivity index (χ0) is 21.8. The van der Waals surface area contributed by atoms with E-state index in [-0.39, 0.29) is 36.4 Å². The summed E-state index contributed by atoms with van der Waals surface area (Å²) in [5, 5.41) is 6.31. The summed E-state index contributed by atoms with van der Waals surface area (Å²) in [6.45, 7) is 6.66. The molecule has 1 saturated heterocycles. The molecule has 0 aromatic heterocycles. The predicted octanol–water partition coefficient (Wildman–Crippen LogP) is 3.97. The molecule has 1 aliphatic rings. The zero-order valence-electron chi connectivity index (χ0n) is 18.2. The van der Waals surface area contributed by atoms with E-state index in [2.05, 4.69) is 15.5 Å². The lowest BCUT2D eigenvalue weighted by Gasteiger charge is -2.34. The zero-order valence-corrected chi connectivity index (χ0v) is 20.5. The fourth-order valence-electron chi connectivity index (χ4n) is 3.32. The van der Waals surface area contributed by atoms with Crippen LogP contribution in [-0.4, -0.2) is 70.1 Å². The minimum atomic E-state index is -4.09. The topological polar surface area (TPSA) is 58.1 Å². The molecule has 1 aromatic rings. The van der Waals surface area contributed by atoms with Crippen molar-refractivity contribution >= 4 is 29.9 Å². The molecule has 0 bridgehead atoms. The number of unbranched alkanes of at least 4 members (excludes halogenated alkanes) is 1. The molecular weight excluding hydrogens is 524 g/mol. The molecule has 0 saturated carbocycles. The van der Waals surface area contributed by atoms with Gasteiger partial charge >= 0.3 is 6.18 Å². The average molecular weight is 558 g/mol. The van der Waals surface area contributed by atoms with Crippen molar-refractivity contribution in [3.8, 4) is 5.75 Å². The van der Waals surface area contributed by atoms with Crippen molar-refractivity contribution in [2.75, 3.05) is 53.0 Å². The highest BCUT2D eigenvalue weighted by Crippen LogP contribution is 2.25. The first-order chi connectivity index (χ1) is 14.4. The van der Waals surface area contributed by atoms with Gasteiger partial charge in [-0.25, -0.2) is 0 Å². The first-order valence-corrected chi connectivity index (χ1v) is 10.5. The average Bonchev–Trinajstić information content (AvgIpc) is 2.74. The normalized spacial score (nSPS) is 16.4. The second-order valence-corrected chi connectivity index (χ2v) is 7.16. The number of hydrogen-bond donors (Lipinski definition) is 2. The molecule has 1 unspecified atom stereocenters. The maximum Gasteiger partial charge on any atom is 0.389 e. The Hall–Kier alpha value is -1.27.